The Morgan fingerprint density at radius 3 is 2.63 bits per heavy atom. The summed E-state index contributed by atoms with van der Waals surface area (Å²) in [5, 5.41) is 14.1. The number of aryl methyl sites for hydroxylation is 2. The largest absolute Gasteiger partial charge is 0.488 e. The highest BCUT2D eigenvalue weighted by Gasteiger charge is 2.14. The smallest absolute Gasteiger partial charge is 0.265 e. The number of para-hydroxylation sites is 2. The van der Waals surface area contributed by atoms with Gasteiger partial charge in [-0.15, -0.1) is 10.2 Å². The van der Waals surface area contributed by atoms with Crippen molar-refractivity contribution in [2.24, 2.45) is 5.10 Å². The summed E-state index contributed by atoms with van der Waals surface area (Å²) < 4.78 is 8.26. The molecule has 0 aliphatic carbocycles. The van der Waals surface area contributed by atoms with Crippen molar-refractivity contribution < 1.29 is 4.74 Å². The van der Waals surface area contributed by atoms with Gasteiger partial charge in [0.1, 0.15) is 17.9 Å². The van der Waals surface area contributed by atoms with Crippen LogP contribution in [-0.4, -0.2) is 26.0 Å². The summed E-state index contributed by atoms with van der Waals surface area (Å²) in [6.07, 6.45) is 3.88. The monoisotopic (exact) mass is 464 g/mol. The molecule has 35 heavy (non-hydrogen) atoms. The number of rotatable bonds is 9. The number of nitrogens with one attached hydrogen (secondary N) is 1. The Hall–Kier alpha value is -4.26. The maximum Gasteiger partial charge on any atom is 0.265 e. The first-order valence-corrected chi connectivity index (χ1v) is 11.9. The van der Waals surface area contributed by atoms with Gasteiger partial charge < -0.3 is 9.30 Å². The van der Waals surface area contributed by atoms with Crippen LogP contribution in [0.25, 0.3) is 22.1 Å². The second kappa shape index (κ2) is 10.3. The van der Waals surface area contributed by atoms with E-state index in [9.17, 15) is 0 Å². The summed E-state index contributed by atoms with van der Waals surface area (Å²) in [6.45, 7) is 5.63. The van der Waals surface area contributed by atoms with Gasteiger partial charge in [0.15, 0.2) is 5.65 Å². The number of hydrogen-bond acceptors (Lipinski definition) is 6. The van der Waals surface area contributed by atoms with Gasteiger partial charge in [-0.05, 0) is 37.1 Å². The van der Waals surface area contributed by atoms with Crippen LogP contribution in [0.4, 0.5) is 5.95 Å². The van der Waals surface area contributed by atoms with Crippen molar-refractivity contribution in [2.45, 2.75) is 39.8 Å². The van der Waals surface area contributed by atoms with Crippen molar-refractivity contribution in [3.63, 3.8) is 0 Å². The Bertz CT molecular complexity index is 1470. The second-order valence-corrected chi connectivity index (χ2v) is 8.51. The molecule has 0 amide bonds. The molecule has 0 bridgehead atoms. The van der Waals surface area contributed by atoms with Crippen LogP contribution >= 0.6 is 0 Å². The topological polar surface area (TPSA) is 77.2 Å². The number of hydrazone groups is 1. The van der Waals surface area contributed by atoms with Crippen molar-refractivity contribution >= 4 is 34.2 Å². The van der Waals surface area contributed by atoms with Crippen LogP contribution in [-0.2, 0) is 13.2 Å². The number of anilines is 1. The van der Waals surface area contributed by atoms with E-state index in [0.717, 1.165) is 58.3 Å². The number of benzene rings is 3. The van der Waals surface area contributed by atoms with E-state index in [2.05, 4.69) is 75.5 Å². The maximum absolute atomic E-state index is 6.04. The van der Waals surface area contributed by atoms with Crippen molar-refractivity contribution in [3.05, 3.63) is 89.5 Å². The van der Waals surface area contributed by atoms with E-state index in [-0.39, 0.29) is 0 Å². The fourth-order valence-electron chi connectivity index (χ4n) is 4.02. The Morgan fingerprint density at radius 1 is 0.971 bits per heavy atom. The standard InChI is InChI=1S/C28H28N6O/c1-3-4-17-34-24-11-7-6-10-23(24)26-27(34)30-28(33-31-26)32-29-18-22-9-5-8-12-25(22)35-19-21-15-13-20(2)14-16-21/h5-16,18H,3-4,17,19H2,1-2H3,(H,30,32,33)/b29-18+. The summed E-state index contributed by atoms with van der Waals surface area (Å²) >= 11 is 0. The van der Waals surface area contributed by atoms with Crippen molar-refractivity contribution in [2.75, 3.05) is 5.43 Å². The van der Waals surface area contributed by atoms with Crippen LogP contribution < -0.4 is 10.2 Å². The molecule has 0 saturated carbocycles. The Labute approximate surface area is 204 Å². The van der Waals surface area contributed by atoms with Gasteiger partial charge in [0.05, 0.1) is 11.7 Å². The molecule has 5 rings (SSSR count). The average Bonchev–Trinajstić information content (AvgIpc) is 3.20. The molecule has 7 heteroatoms. The Kier molecular flexibility index (Phi) is 6.66. The summed E-state index contributed by atoms with van der Waals surface area (Å²) in [5.41, 5.74) is 8.89. The molecule has 0 atom stereocenters. The Balaban J connectivity index is 1.35. The van der Waals surface area contributed by atoms with Gasteiger partial charge in [0, 0.05) is 17.5 Å². The van der Waals surface area contributed by atoms with E-state index in [1.165, 1.54) is 5.56 Å². The number of ether oxygens (including phenoxy) is 1. The van der Waals surface area contributed by atoms with Crippen LogP contribution in [0.3, 0.4) is 0 Å². The molecule has 0 aliphatic heterocycles. The normalized spacial score (nSPS) is 11.5. The molecule has 3 aromatic carbocycles. The van der Waals surface area contributed by atoms with E-state index in [1.54, 1.807) is 6.21 Å². The van der Waals surface area contributed by atoms with E-state index in [4.69, 9.17) is 9.72 Å². The molecule has 2 heterocycles. The van der Waals surface area contributed by atoms with Crippen LogP contribution in [0, 0.1) is 6.92 Å². The molecular formula is C28H28N6O. The van der Waals surface area contributed by atoms with Gasteiger partial charge >= 0.3 is 0 Å². The van der Waals surface area contributed by atoms with Crippen LogP contribution in [0.2, 0.25) is 0 Å². The average molecular weight is 465 g/mol. The molecule has 0 fully saturated rings. The lowest BCUT2D eigenvalue weighted by Crippen LogP contribution is -2.03. The van der Waals surface area contributed by atoms with E-state index in [0.29, 0.717) is 12.6 Å². The third-order valence-corrected chi connectivity index (χ3v) is 5.91. The zero-order valence-electron chi connectivity index (χ0n) is 20.0. The third kappa shape index (κ3) is 4.99. The predicted octanol–water partition coefficient (Wildman–Crippen LogP) is 6.11. The summed E-state index contributed by atoms with van der Waals surface area (Å²) in [7, 11) is 0. The number of aromatic nitrogens is 4. The molecule has 0 saturated heterocycles. The van der Waals surface area contributed by atoms with Crippen LogP contribution in [0.5, 0.6) is 5.75 Å². The van der Waals surface area contributed by atoms with Gasteiger partial charge in [-0.3, -0.25) is 0 Å². The minimum Gasteiger partial charge on any atom is -0.488 e. The quantitative estimate of drug-likeness (QED) is 0.210. The van der Waals surface area contributed by atoms with Gasteiger partial charge in [-0.25, -0.2) is 5.43 Å². The molecule has 0 unspecified atom stereocenters. The Morgan fingerprint density at radius 2 is 1.77 bits per heavy atom. The number of fused-ring (bicyclic) bond motifs is 3. The highest BCUT2D eigenvalue weighted by atomic mass is 16.5. The van der Waals surface area contributed by atoms with Gasteiger partial charge in [-0.1, -0.05) is 73.5 Å². The highest BCUT2D eigenvalue weighted by Crippen LogP contribution is 2.26. The molecule has 1 N–H and O–H groups in total. The minimum atomic E-state index is 0.354. The minimum absolute atomic E-state index is 0.354. The zero-order valence-corrected chi connectivity index (χ0v) is 20.0. The molecule has 176 valence electrons. The number of hydrogen-bond donors (Lipinski definition) is 1. The highest BCUT2D eigenvalue weighted by molar-refractivity contribution is 6.04. The SMILES string of the molecule is CCCCn1c2ccccc2c2nnc(N/N=C/c3ccccc3OCc3ccc(C)cc3)nc21. The fourth-order valence-corrected chi connectivity index (χ4v) is 4.02. The zero-order chi connectivity index (χ0) is 24.0. The molecule has 7 nitrogen and oxygen atoms in total. The van der Waals surface area contributed by atoms with E-state index >= 15 is 0 Å². The van der Waals surface area contributed by atoms with Crippen LogP contribution in [0.15, 0.2) is 77.9 Å². The predicted molar refractivity (Wildman–Crippen MR) is 141 cm³/mol. The fraction of sp³-hybridized carbons (Fsp3) is 0.214. The summed E-state index contributed by atoms with van der Waals surface area (Å²) in [6, 6.07) is 24.4. The second-order valence-electron chi connectivity index (χ2n) is 8.51. The molecule has 5 aromatic rings. The van der Waals surface area contributed by atoms with Gasteiger partial charge in [0.2, 0.25) is 0 Å². The van der Waals surface area contributed by atoms with Crippen molar-refractivity contribution in [1.29, 1.82) is 0 Å². The van der Waals surface area contributed by atoms with Gasteiger partial charge in [0.25, 0.3) is 5.95 Å². The van der Waals surface area contributed by atoms with Gasteiger partial charge in [-0.2, -0.15) is 10.1 Å². The lowest BCUT2D eigenvalue weighted by Gasteiger charge is -2.09. The van der Waals surface area contributed by atoms with Crippen molar-refractivity contribution in [3.8, 4) is 5.75 Å². The first-order chi connectivity index (χ1) is 17.2. The lowest BCUT2D eigenvalue weighted by atomic mass is 10.1. The molecular weight excluding hydrogens is 436 g/mol. The molecule has 0 spiro atoms. The maximum atomic E-state index is 6.04. The molecule has 0 aliphatic rings. The van der Waals surface area contributed by atoms with E-state index in [1.807, 2.05) is 36.4 Å². The van der Waals surface area contributed by atoms with E-state index < -0.39 is 0 Å². The lowest BCUT2D eigenvalue weighted by molar-refractivity contribution is 0.306. The first-order valence-electron chi connectivity index (χ1n) is 11.9. The summed E-state index contributed by atoms with van der Waals surface area (Å²) in [4.78, 5) is 4.74. The number of nitrogens with zero attached hydrogens (tertiary/aromatic N) is 5. The first kappa shape index (κ1) is 22.5. The van der Waals surface area contributed by atoms with Crippen molar-refractivity contribution in [1.82, 2.24) is 19.7 Å². The number of unbranched alkanes of at least 4 members (excludes halogenated alkanes) is 1. The van der Waals surface area contributed by atoms with Crippen LogP contribution in [0.1, 0.15) is 36.5 Å². The molecule has 0 radical (unpaired) electrons. The summed E-state index contributed by atoms with van der Waals surface area (Å²) in [5.74, 6) is 1.11. The molecule has 2 aromatic heterocycles. The third-order valence-electron chi connectivity index (χ3n) is 5.91.